The lowest BCUT2D eigenvalue weighted by molar-refractivity contribution is 1.04. The number of pyridine rings is 1. The summed E-state index contributed by atoms with van der Waals surface area (Å²) < 4.78 is 0. The van der Waals surface area contributed by atoms with E-state index in [1.165, 1.54) is 0 Å². The molecule has 0 spiro atoms. The summed E-state index contributed by atoms with van der Waals surface area (Å²) >= 11 is 10.7. The minimum atomic E-state index is 0.127. The summed E-state index contributed by atoms with van der Waals surface area (Å²) in [5.74, 6) is 0. The van der Waals surface area contributed by atoms with E-state index in [-0.39, 0.29) is 5.11 Å². The van der Waals surface area contributed by atoms with E-state index < -0.39 is 0 Å². The van der Waals surface area contributed by atoms with Gasteiger partial charge in [0.2, 0.25) is 0 Å². The standard InChI is InChI=1S/C11H9ClN4S/c12-9-3-4-14-10-2-1-7(5-8(9)10)6-15-16-11(13)17/h1-6H,(H3,13,16,17). The van der Waals surface area contributed by atoms with Crippen LogP contribution in [-0.4, -0.2) is 16.3 Å². The van der Waals surface area contributed by atoms with Crippen molar-refractivity contribution in [2.75, 3.05) is 0 Å². The van der Waals surface area contributed by atoms with Gasteiger partial charge in [-0.25, -0.2) is 0 Å². The molecule has 0 aliphatic rings. The first-order valence-corrected chi connectivity index (χ1v) is 5.58. The van der Waals surface area contributed by atoms with Gasteiger partial charge in [0, 0.05) is 11.6 Å². The van der Waals surface area contributed by atoms with Crippen LogP contribution in [0.4, 0.5) is 0 Å². The normalized spacial score (nSPS) is 10.9. The summed E-state index contributed by atoms with van der Waals surface area (Å²) in [7, 11) is 0. The van der Waals surface area contributed by atoms with Gasteiger partial charge in [0.15, 0.2) is 5.11 Å². The lowest BCUT2D eigenvalue weighted by Gasteiger charge is -2.00. The number of thiocarbonyl (C=S) groups is 1. The predicted molar refractivity (Wildman–Crippen MR) is 74.3 cm³/mol. The molecule has 0 atom stereocenters. The fourth-order valence-corrected chi connectivity index (χ4v) is 1.64. The van der Waals surface area contributed by atoms with Crippen LogP contribution in [0.3, 0.4) is 0 Å². The molecule has 2 aromatic rings. The Bertz CT molecular complexity index is 597. The molecule has 0 unspecified atom stereocenters. The van der Waals surface area contributed by atoms with Gasteiger partial charge in [-0.2, -0.15) is 5.10 Å². The van der Waals surface area contributed by atoms with Gasteiger partial charge in [0.1, 0.15) is 0 Å². The van der Waals surface area contributed by atoms with E-state index in [1.54, 1.807) is 18.5 Å². The van der Waals surface area contributed by atoms with Crippen molar-refractivity contribution in [2.24, 2.45) is 10.8 Å². The first-order chi connectivity index (χ1) is 8.16. The average Bonchev–Trinajstić information content (AvgIpc) is 2.30. The molecule has 0 saturated carbocycles. The molecule has 1 aromatic heterocycles. The Labute approximate surface area is 108 Å². The van der Waals surface area contributed by atoms with E-state index in [0.29, 0.717) is 5.02 Å². The highest BCUT2D eigenvalue weighted by Gasteiger charge is 1.99. The van der Waals surface area contributed by atoms with E-state index in [4.69, 9.17) is 17.3 Å². The maximum atomic E-state index is 6.07. The van der Waals surface area contributed by atoms with Crippen molar-refractivity contribution >= 4 is 46.0 Å². The summed E-state index contributed by atoms with van der Waals surface area (Å²) in [5.41, 5.74) is 9.46. The monoisotopic (exact) mass is 264 g/mol. The number of hydrazone groups is 1. The Balaban J connectivity index is 2.34. The highest BCUT2D eigenvalue weighted by atomic mass is 35.5. The Kier molecular flexibility index (Phi) is 3.51. The molecule has 0 radical (unpaired) electrons. The third kappa shape index (κ3) is 2.89. The minimum absolute atomic E-state index is 0.127. The number of fused-ring (bicyclic) bond motifs is 1. The van der Waals surface area contributed by atoms with E-state index in [0.717, 1.165) is 16.5 Å². The summed E-state index contributed by atoms with van der Waals surface area (Å²) in [6, 6.07) is 7.41. The van der Waals surface area contributed by atoms with Crippen molar-refractivity contribution in [3.05, 3.63) is 41.0 Å². The Morgan fingerprint density at radius 2 is 2.29 bits per heavy atom. The summed E-state index contributed by atoms with van der Waals surface area (Å²) in [6.07, 6.45) is 3.29. The summed E-state index contributed by atoms with van der Waals surface area (Å²) in [4.78, 5) is 4.21. The fourth-order valence-electron chi connectivity index (χ4n) is 1.38. The Morgan fingerprint density at radius 3 is 3.06 bits per heavy atom. The molecule has 0 amide bonds. The molecule has 4 nitrogen and oxygen atoms in total. The predicted octanol–water partition coefficient (Wildman–Crippen LogP) is 2.06. The summed E-state index contributed by atoms with van der Waals surface area (Å²) in [6.45, 7) is 0. The zero-order valence-electron chi connectivity index (χ0n) is 8.72. The van der Waals surface area contributed by atoms with Gasteiger partial charge in [-0.3, -0.25) is 10.4 Å². The smallest absolute Gasteiger partial charge is 0.184 e. The van der Waals surface area contributed by atoms with Crippen molar-refractivity contribution in [3.63, 3.8) is 0 Å². The van der Waals surface area contributed by atoms with Gasteiger partial charge in [0.25, 0.3) is 0 Å². The first kappa shape index (κ1) is 11.8. The molecule has 1 aromatic carbocycles. The largest absolute Gasteiger partial charge is 0.375 e. The molecular weight excluding hydrogens is 256 g/mol. The van der Waals surface area contributed by atoms with Crippen LogP contribution in [0.1, 0.15) is 5.56 Å². The van der Waals surface area contributed by atoms with E-state index in [1.807, 2.05) is 18.2 Å². The van der Waals surface area contributed by atoms with Crippen LogP contribution in [0.5, 0.6) is 0 Å². The molecule has 0 saturated heterocycles. The second-order valence-corrected chi connectivity index (χ2v) is 4.15. The molecule has 0 bridgehead atoms. The van der Waals surface area contributed by atoms with Crippen LogP contribution < -0.4 is 11.2 Å². The molecule has 0 fully saturated rings. The highest BCUT2D eigenvalue weighted by Crippen LogP contribution is 2.21. The number of nitrogens with two attached hydrogens (primary N) is 1. The molecule has 2 rings (SSSR count). The molecule has 3 N–H and O–H groups in total. The van der Waals surface area contributed by atoms with E-state index in [2.05, 4.69) is 27.7 Å². The first-order valence-electron chi connectivity index (χ1n) is 4.79. The van der Waals surface area contributed by atoms with Crippen LogP contribution >= 0.6 is 23.8 Å². The topological polar surface area (TPSA) is 63.3 Å². The van der Waals surface area contributed by atoms with Gasteiger partial charge in [-0.05, 0) is 36.0 Å². The number of aromatic nitrogens is 1. The number of halogens is 1. The van der Waals surface area contributed by atoms with Crippen molar-refractivity contribution in [2.45, 2.75) is 0 Å². The molecule has 6 heteroatoms. The van der Waals surface area contributed by atoms with Crippen molar-refractivity contribution in [3.8, 4) is 0 Å². The lowest BCUT2D eigenvalue weighted by Crippen LogP contribution is -2.23. The maximum absolute atomic E-state index is 6.07. The highest BCUT2D eigenvalue weighted by molar-refractivity contribution is 7.80. The van der Waals surface area contributed by atoms with Gasteiger partial charge in [-0.15, -0.1) is 0 Å². The van der Waals surface area contributed by atoms with Crippen molar-refractivity contribution in [1.82, 2.24) is 10.4 Å². The van der Waals surface area contributed by atoms with Crippen molar-refractivity contribution in [1.29, 1.82) is 0 Å². The van der Waals surface area contributed by atoms with Gasteiger partial charge in [0.05, 0.1) is 16.8 Å². The molecule has 1 heterocycles. The number of nitrogens with zero attached hydrogens (tertiary/aromatic N) is 2. The number of hydrogen-bond donors (Lipinski definition) is 2. The fraction of sp³-hybridized carbons (Fsp3) is 0. The van der Waals surface area contributed by atoms with Gasteiger partial charge in [-0.1, -0.05) is 17.7 Å². The van der Waals surface area contributed by atoms with Crippen LogP contribution in [0.25, 0.3) is 10.9 Å². The number of benzene rings is 1. The Morgan fingerprint density at radius 1 is 1.47 bits per heavy atom. The molecule has 17 heavy (non-hydrogen) atoms. The van der Waals surface area contributed by atoms with Crippen LogP contribution in [-0.2, 0) is 0 Å². The second-order valence-electron chi connectivity index (χ2n) is 3.30. The average molecular weight is 265 g/mol. The Hall–Kier alpha value is -1.72. The number of hydrogen-bond acceptors (Lipinski definition) is 3. The lowest BCUT2D eigenvalue weighted by atomic mass is 10.1. The van der Waals surface area contributed by atoms with E-state index >= 15 is 0 Å². The van der Waals surface area contributed by atoms with Gasteiger partial charge >= 0.3 is 0 Å². The zero-order chi connectivity index (χ0) is 12.3. The van der Waals surface area contributed by atoms with Crippen molar-refractivity contribution < 1.29 is 0 Å². The molecular formula is C11H9ClN4S. The molecule has 86 valence electrons. The maximum Gasteiger partial charge on any atom is 0.184 e. The van der Waals surface area contributed by atoms with E-state index in [9.17, 15) is 0 Å². The molecule has 0 aliphatic heterocycles. The zero-order valence-corrected chi connectivity index (χ0v) is 10.3. The summed E-state index contributed by atoms with van der Waals surface area (Å²) in [5, 5.41) is 5.54. The van der Waals surface area contributed by atoms with Crippen LogP contribution in [0.2, 0.25) is 5.02 Å². The minimum Gasteiger partial charge on any atom is -0.375 e. The van der Waals surface area contributed by atoms with Crippen LogP contribution in [0, 0.1) is 0 Å². The third-order valence-electron chi connectivity index (χ3n) is 2.10. The van der Waals surface area contributed by atoms with Gasteiger partial charge < -0.3 is 5.73 Å². The number of rotatable bonds is 2. The number of nitrogens with one attached hydrogen (secondary N) is 1. The quantitative estimate of drug-likeness (QED) is 0.495. The van der Waals surface area contributed by atoms with Crippen LogP contribution in [0.15, 0.2) is 35.6 Å². The SMILES string of the molecule is NC(=S)NN=Cc1ccc2nccc(Cl)c2c1. The second kappa shape index (κ2) is 5.07. The molecule has 0 aliphatic carbocycles. The third-order valence-corrected chi connectivity index (χ3v) is 2.52.